The monoisotopic (exact) mass is 225 g/mol. The van der Waals surface area contributed by atoms with Crippen molar-refractivity contribution in [1.82, 2.24) is 4.98 Å². The predicted molar refractivity (Wildman–Crippen MR) is 59.4 cm³/mol. The second-order valence-electron chi connectivity index (χ2n) is 3.45. The molecule has 0 aliphatic rings. The maximum Gasteiger partial charge on any atom is 0.291 e. The molecule has 88 valence electrons. The van der Waals surface area contributed by atoms with Gasteiger partial charge in [-0.25, -0.2) is 4.98 Å². The van der Waals surface area contributed by atoms with E-state index in [0.29, 0.717) is 18.0 Å². The van der Waals surface area contributed by atoms with Gasteiger partial charge in [-0.1, -0.05) is 6.92 Å². The largest absolute Gasteiger partial charge is 0.481 e. The number of nitro groups is 1. The Morgan fingerprint density at radius 3 is 2.81 bits per heavy atom. The lowest BCUT2D eigenvalue weighted by Gasteiger charge is -2.09. The molecule has 1 aromatic heterocycles. The summed E-state index contributed by atoms with van der Waals surface area (Å²) in [4.78, 5) is 14.4. The lowest BCUT2D eigenvalue weighted by Crippen LogP contribution is -2.22. The first-order chi connectivity index (χ1) is 7.58. The number of nitrogens with zero attached hydrogens (tertiary/aromatic N) is 2. The van der Waals surface area contributed by atoms with E-state index < -0.39 is 4.92 Å². The van der Waals surface area contributed by atoms with E-state index in [0.717, 1.165) is 6.42 Å². The molecule has 0 aromatic carbocycles. The fourth-order valence-electron chi connectivity index (χ4n) is 1.30. The summed E-state index contributed by atoms with van der Waals surface area (Å²) in [6.45, 7) is 1.93. The van der Waals surface area contributed by atoms with Gasteiger partial charge in [0.05, 0.1) is 12.0 Å². The molecule has 0 saturated carbocycles. The summed E-state index contributed by atoms with van der Waals surface area (Å²) in [6.07, 6.45) is 1.13. The number of hydrogen-bond acceptors (Lipinski definition) is 5. The summed E-state index contributed by atoms with van der Waals surface area (Å²) in [5.74, 6) is 0.365. The molecule has 0 bridgehead atoms. The molecule has 6 nitrogen and oxygen atoms in total. The van der Waals surface area contributed by atoms with E-state index in [9.17, 15) is 10.1 Å². The maximum absolute atomic E-state index is 10.8. The van der Waals surface area contributed by atoms with Crippen LogP contribution in [0.15, 0.2) is 12.1 Å². The van der Waals surface area contributed by atoms with Gasteiger partial charge in [-0.2, -0.15) is 0 Å². The number of aromatic nitrogens is 1. The zero-order valence-corrected chi connectivity index (χ0v) is 9.34. The molecule has 0 saturated heterocycles. The molecule has 1 rings (SSSR count). The molecule has 0 spiro atoms. The van der Waals surface area contributed by atoms with Gasteiger partial charge in [0.25, 0.3) is 5.69 Å². The van der Waals surface area contributed by atoms with Crippen molar-refractivity contribution in [2.24, 2.45) is 5.73 Å². The van der Waals surface area contributed by atoms with E-state index in [1.807, 2.05) is 6.92 Å². The highest BCUT2D eigenvalue weighted by molar-refractivity contribution is 5.38. The lowest BCUT2D eigenvalue weighted by molar-refractivity contribution is -0.386. The molecule has 2 N–H and O–H groups in total. The summed E-state index contributed by atoms with van der Waals surface area (Å²) in [5.41, 5.74) is 6.13. The van der Waals surface area contributed by atoms with Crippen LogP contribution in [0.3, 0.4) is 0 Å². The molecule has 16 heavy (non-hydrogen) atoms. The van der Waals surface area contributed by atoms with E-state index >= 15 is 0 Å². The normalized spacial score (nSPS) is 12.2. The van der Waals surface area contributed by atoms with Gasteiger partial charge in [-0.15, -0.1) is 0 Å². The second-order valence-corrected chi connectivity index (χ2v) is 3.45. The van der Waals surface area contributed by atoms with Crippen molar-refractivity contribution in [1.29, 1.82) is 0 Å². The minimum absolute atomic E-state index is 0.00954. The average Bonchev–Trinajstić information content (AvgIpc) is 2.28. The topological polar surface area (TPSA) is 91.3 Å². The van der Waals surface area contributed by atoms with Crippen LogP contribution in [0.5, 0.6) is 5.88 Å². The fraction of sp³-hybridized carbons (Fsp3) is 0.500. The van der Waals surface area contributed by atoms with Crippen molar-refractivity contribution in [2.45, 2.75) is 25.8 Å². The summed E-state index contributed by atoms with van der Waals surface area (Å²) < 4.78 is 4.93. The molecule has 1 unspecified atom stereocenters. The summed E-state index contributed by atoms with van der Waals surface area (Å²) >= 11 is 0. The molecule has 1 atom stereocenters. The average molecular weight is 225 g/mol. The number of methoxy groups -OCH3 is 1. The van der Waals surface area contributed by atoms with Crippen molar-refractivity contribution < 1.29 is 9.66 Å². The first-order valence-corrected chi connectivity index (χ1v) is 5.02. The Hall–Kier alpha value is -1.69. The van der Waals surface area contributed by atoms with Crippen molar-refractivity contribution >= 4 is 5.69 Å². The molecule has 1 heterocycles. The number of ether oxygens (including phenoxy) is 1. The standard InChI is InChI=1S/C10H15N3O3/c1-3-7(11)6-8-9(13(14)15)4-5-10(12-8)16-2/h4-5,7H,3,6,11H2,1-2H3. The summed E-state index contributed by atoms with van der Waals surface area (Å²) in [6, 6.07) is 2.74. The van der Waals surface area contributed by atoms with Crippen LogP contribution >= 0.6 is 0 Å². The highest BCUT2D eigenvalue weighted by atomic mass is 16.6. The Balaban J connectivity index is 3.05. The molecule has 6 heteroatoms. The predicted octanol–water partition coefficient (Wildman–Crippen LogP) is 1.28. The molecule has 0 amide bonds. The molecule has 0 aliphatic carbocycles. The van der Waals surface area contributed by atoms with Crippen LogP contribution in [-0.4, -0.2) is 23.1 Å². The summed E-state index contributed by atoms with van der Waals surface area (Å²) in [7, 11) is 1.47. The second kappa shape index (κ2) is 5.41. The van der Waals surface area contributed by atoms with Gasteiger partial charge in [-0.3, -0.25) is 10.1 Å². The third-order valence-corrected chi connectivity index (χ3v) is 2.31. The van der Waals surface area contributed by atoms with E-state index in [1.54, 1.807) is 0 Å². The van der Waals surface area contributed by atoms with Crippen LogP contribution in [0.1, 0.15) is 19.0 Å². The van der Waals surface area contributed by atoms with E-state index in [-0.39, 0.29) is 11.7 Å². The van der Waals surface area contributed by atoms with E-state index in [2.05, 4.69) is 4.98 Å². The van der Waals surface area contributed by atoms with Gasteiger partial charge < -0.3 is 10.5 Å². The van der Waals surface area contributed by atoms with Crippen LogP contribution in [0.2, 0.25) is 0 Å². The molecule has 0 radical (unpaired) electrons. The van der Waals surface area contributed by atoms with Crippen molar-refractivity contribution in [3.63, 3.8) is 0 Å². The van der Waals surface area contributed by atoms with E-state index in [1.165, 1.54) is 19.2 Å². The molecule has 1 aromatic rings. The first-order valence-electron chi connectivity index (χ1n) is 5.02. The van der Waals surface area contributed by atoms with Crippen LogP contribution in [0, 0.1) is 10.1 Å². The Kier molecular flexibility index (Phi) is 4.19. The molecule has 0 aliphatic heterocycles. The molecular weight excluding hydrogens is 210 g/mol. The Morgan fingerprint density at radius 2 is 2.31 bits per heavy atom. The Labute approximate surface area is 93.6 Å². The highest BCUT2D eigenvalue weighted by Crippen LogP contribution is 2.21. The smallest absolute Gasteiger partial charge is 0.291 e. The Bertz CT molecular complexity index is 382. The summed E-state index contributed by atoms with van der Waals surface area (Å²) in [5, 5.41) is 10.8. The van der Waals surface area contributed by atoms with Gasteiger partial charge in [0.15, 0.2) is 0 Å². The van der Waals surface area contributed by atoms with Crippen LogP contribution in [0.25, 0.3) is 0 Å². The number of pyridine rings is 1. The zero-order valence-electron chi connectivity index (χ0n) is 9.34. The lowest BCUT2D eigenvalue weighted by atomic mass is 10.1. The quantitative estimate of drug-likeness (QED) is 0.602. The third kappa shape index (κ3) is 2.90. The number of nitrogens with two attached hydrogens (primary N) is 1. The van der Waals surface area contributed by atoms with Crippen LogP contribution < -0.4 is 10.5 Å². The first kappa shape index (κ1) is 12.4. The highest BCUT2D eigenvalue weighted by Gasteiger charge is 2.18. The van der Waals surface area contributed by atoms with Crippen LogP contribution in [-0.2, 0) is 6.42 Å². The SMILES string of the molecule is CCC(N)Cc1nc(OC)ccc1[N+](=O)[O-]. The molecule has 0 fully saturated rings. The van der Waals surface area contributed by atoms with Crippen molar-refractivity contribution in [3.05, 3.63) is 27.9 Å². The van der Waals surface area contributed by atoms with Gasteiger partial charge in [-0.05, 0) is 6.42 Å². The van der Waals surface area contributed by atoms with Crippen molar-refractivity contribution in [2.75, 3.05) is 7.11 Å². The van der Waals surface area contributed by atoms with Gasteiger partial charge >= 0.3 is 0 Å². The van der Waals surface area contributed by atoms with Gasteiger partial charge in [0.2, 0.25) is 5.88 Å². The maximum atomic E-state index is 10.8. The van der Waals surface area contributed by atoms with Gasteiger partial charge in [0, 0.05) is 24.6 Å². The minimum Gasteiger partial charge on any atom is -0.481 e. The number of hydrogen-bond donors (Lipinski definition) is 1. The third-order valence-electron chi connectivity index (χ3n) is 2.31. The number of rotatable bonds is 5. The fourth-order valence-corrected chi connectivity index (χ4v) is 1.30. The van der Waals surface area contributed by atoms with Gasteiger partial charge in [0.1, 0.15) is 5.69 Å². The van der Waals surface area contributed by atoms with Crippen LogP contribution in [0.4, 0.5) is 5.69 Å². The Morgan fingerprint density at radius 1 is 1.62 bits per heavy atom. The van der Waals surface area contributed by atoms with Crippen molar-refractivity contribution in [3.8, 4) is 5.88 Å². The minimum atomic E-state index is -0.454. The zero-order chi connectivity index (χ0) is 12.1. The van der Waals surface area contributed by atoms with E-state index in [4.69, 9.17) is 10.5 Å². The molecular formula is C10H15N3O3.